The average molecular weight is 237 g/mol. The smallest absolute Gasteiger partial charge is 0.292 e. The molecule has 5 heteroatoms. The van der Waals surface area contributed by atoms with E-state index in [1.807, 2.05) is 13.1 Å². The zero-order valence-corrected chi connectivity index (χ0v) is 10.6. The van der Waals surface area contributed by atoms with Gasteiger partial charge in [-0.05, 0) is 25.6 Å². The number of nitro groups is 1. The minimum Gasteiger partial charge on any atom is -0.382 e. The van der Waals surface area contributed by atoms with Gasteiger partial charge in [0.2, 0.25) is 0 Å². The fraction of sp³-hybridized carbons (Fsp3) is 0.500. The normalized spacial score (nSPS) is 10.6. The van der Waals surface area contributed by atoms with Crippen LogP contribution in [0.1, 0.15) is 18.9 Å². The molecule has 0 aliphatic rings. The monoisotopic (exact) mass is 237 g/mol. The Morgan fingerprint density at radius 1 is 1.47 bits per heavy atom. The standard InChI is InChI=1S/C12H19N3O2/c1-4-8-14(3)9-10-6-5-7-11(15(16)17)12(10)13-2/h5-7,13H,4,8-9H2,1-3H3. The molecule has 1 aromatic rings. The lowest BCUT2D eigenvalue weighted by Gasteiger charge is -2.17. The minimum atomic E-state index is -0.352. The van der Waals surface area contributed by atoms with Gasteiger partial charge in [-0.15, -0.1) is 0 Å². The van der Waals surface area contributed by atoms with Gasteiger partial charge in [0.25, 0.3) is 5.69 Å². The summed E-state index contributed by atoms with van der Waals surface area (Å²) in [5, 5.41) is 13.8. The van der Waals surface area contributed by atoms with Crippen LogP contribution in [0.4, 0.5) is 11.4 Å². The van der Waals surface area contributed by atoms with Crippen LogP contribution < -0.4 is 5.32 Å². The highest BCUT2D eigenvalue weighted by Gasteiger charge is 2.16. The van der Waals surface area contributed by atoms with Crippen molar-refractivity contribution in [3.63, 3.8) is 0 Å². The number of anilines is 1. The fourth-order valence-corrected chi connectivity index (χ4v) is 1.91. The van der Waals surface area contributed by atoms with E-state index in [9.17, 15) is 10.1 Å². The van der Waals surface area contributed by atoms with Gasteiger partial charge in [-0.1, -0.05) is 19.1 Å². The van der Waals surface area contributed by atoms with E-state index >= 15 is 0 Å². The Hall–Kier alpha value is -1.62. The summed E-state index contributed by atoms with van der Waals surface area (Å²) in [5.74, 6) is 0. The topological polar surface area (TPSA) is 58.4 Å². The highest BCUT2D eigenvalue weighted by molar-refractivity contribution is 5.66. The molecule has 0 aliphatic heterocycles. The molecule has 0 spiro atoms. The van der Waals surface area contributed by atoms with Crippen LogP contribution in [0, 0.1) is 10.1 Å². The Morgan fingerprint density at radius 3 is 2.71 bits per heavy atom. The first kappa shape index (κ1) is 13.4. The number of benzene rings is 1. The molecule has 1 aromatic carbocycles. The maximum Gasteiger partial charge on any atom is 0.292 e. The number of nitrogens with one attached hydrogen (secondary N) is 1. The fourth-order valence-electron chi connectivity index (χ4n) is 1.91. The van der Waals surface area contributed by atoms with Crippen LogP contribution in [-0.4, -0.2) is 30.5 Å². The van der Waals surface area contributed by atoms with Gasteiger partial charge >= 0.3 is 0 Å². The van der Waals surface area contributed by atoms with Crippen molar-refractivity contribution in [1.29, 1.82) is 0 Å². The van der Waals surface area contributed by atoms with Crippen molar-refractivity contribution < 1.29 is 4.92 Å². The number of nitrogens with zero attached hydrogens (tertiary/aromatic N) is 2. The van der Waals surface area contributed by atoms with Crippen LogP contribution in [0.3, 0.4) is 0 Å². The molecule has 0 heterocycles. The lowest BCUT2D eigenvalue weighted by atomic mass is 10.1. The Bertz CT molecular complexity index is 393. The summed E-state index contributed by atoms with van der Waals surface area (Å²) in [6.45, 7) is 3.81. The van der Waals surface area contributed by atoms with Crippen LogP contribution in [-0.2, 0) is 6.54 Å². The molecular weight excluding hydrogens is 218 g/mol. The van der Waals surface area contributed by atoms with Gasteiger partial charge in [0.1, 0.15) is 5.69 Å². The molecule has 0 saturated carbocycles. The van der Waals surface area contributed by atoms with E-state index in [0.29, 0.717) is 12.2 Å². The molecule has 0 radical (unpaired) electrons. The lowest BCUT2D eigenvalue weighted by molar-refractivity contribution is -0.384. The predicted octanol–water partition coefficient (Wildman–Crippen LogP) is 2.48. The van der Waals surface area contributed by atoms with Crippen LogP contribution in [0.25, 0.3) is 0 Å². The molecule has 17 heavy (non-hydrogen) atoms. The molecule has 0 amide bonds. The molecule has 0 aromatic heterocycles. The minimum absolute atomic E-state index is 0.134. The summed E-state index contributed by atoms with van der Waals surface area (Å²) in [7, 11) is 3.73. The predicted molar refractivity (Wildman–Crippen MR) is 69.3 cm³/mol. The van der Waals surface area contributed by atoms with Crippen LogP contribution >= 0.6 is 0 Å². The third-order valence-corrected chi connectivity index (χ3v) is 2.62. The summed E-state index contributed by atoms with van der Waals surface area (Å²) in [4.78, 5) is 12.7. The molecule has 0 fully saturated rings. The van der Waals surface area contributed by atoms with E-state index in [4.69, 9.17) is 0 Å². The average Bonchev–Trinajstić information content (AvgIpc) is 2.28. The van der Waals surface area contributed by atoms with Gasteiger partial charge in [-0.2, -0.15) is 0 Å². The second-order valence-electron chi connectivity index (χ2n) is 4.06. The van der Waals surface area contributed by atoms with Gasteiger partial charge in [-0.3, -0.25) is 10.1 Å². The molecule has 0 saturated heterocycles. The van der Waals surface area contributed by atoms with Gasteiger partial charge in [0, 0.05) is 19.7 Å². The Labute approximate surface area is 102 Å². The maximum absolute atomic E-state index is 10.9. The zero-order chi connectivity index (χ0) is 12.8. The number of rotatable bonds is 6. The lowest BCUT2D eigenvalue weighted by Crippen LogP contribution is -2.19. The summed E-state index contributed by atoms with van der Waals surface area (Å²) in [6.07, 6.45) is 1.07. The van der Waals surface area contributed by atoms with Gasteiger partial charge in [0.15, 0.2) is 0 Å². The number of hydrogen-bond acceptors (Lipinski definition) is 4. The summed E-state index contributed by atoms with van der Waals surface area (Å²) >= 11 is 0. The van der Waals surface area contributed by atoms with Crippen LogP contribution in [0.2, 0.25) is 0 Å². The summed E-state index contributed by atoms with van der Waals surface area (Å²) in [5.41, 5.74) is 1.70. The molecule has 0 aliphatic carbocycles. The van der Waals surface area contributed by atoms with Crippen LogP contribution in [0.15, 0.2) is 18.2 Å². The summed E-state index contributed by atoms with van der Waals surface area (Å²) in [6, 6.07) is 5.17. The Morgan fingerprint density at radius 2 is 2.18 bits per heavy atom. The van der Waals surface area contributed by atoms with E-state index in [-0.39, 0.29) is 10.6 Å². The quantitative estimate of drug-likeness (QED) is 0.610. The molecule has 1 N–H and O–H groups in total. The van der Waals surface area contributed by atoms with E-state index in [0.717, 1.165) is 18.5 Å². The van der Waals surface area contributed by atoms with Crippen molar-refractivity contribution in [2.24, 2.45) is 0 Å². The Kier molecular flexibility index (Phi) is 4.90. The van der Waals surface area contributed by atoms with E-state index in [1.54, 1.807) is 13.1 Å². The van der Waals surface area contributed by atoms with Crippen molar-refractivity contribution in [3.8, 4) is 0 Å². The highest BCUT2D eigenvalue weighted by atomic mass is 16.6. The zero-order valence-electron chi connectivity index (χ0n) is 10.6. The first-order valence-electron chi connectivity index (χ1n) is 5.72. The number of hydrogen-bond donors (Lipinski definition) is 1. The van der Waals surface area contributed by atoms with Crippen molar-refractivity contribution >= 4 is 11.4 Å². The second-order valence-corrected chi connectivity index (χ2v) is 4.06. The van der Waals surface area contributed by atoms with Crippen molar-refractivity contribution in [1.82, 2.24) is 4.90 Å². The summed E-state index contributed by atoms with van der Waals surface area (Å²) < 4.78 is 0. The number of para-hydroxylation sites is 1. The first-order chi connectivity index (χ1) is 8.10. The highest BCUT2D eigenvalue weighted by Crippen LogP contribution is 2.28. The van der Waals surface area contributed by atoms with Gasteiger partial charge in [-0.25, -0.2) is 0 Å². The molecule has 5 nitrogen and oxygen atoms in total. The third kappa shape index (κ3) is 3.42. The molecule has 1 rings (SSSR count). The van der Waals surface area contributed by atoms with E-state index in [1.165, 1.54) is 6.07 Å². The molecule has 0 bridgehead atoms. The molecule has 0 atom stereocenters. The van der Waals surface area contributed by atoms with Gasteiger partial charge in [0.05, 0.1) is 4.92 Å². The third-order valence-electron chi connectivity index (χ3n) is 2.62. The van der Waals surface area contributed by atoms with Crippen molar-refractivity contribution in [2.75, 3.05) is 26.0 Å². The Balaban J connectivity index is 2.99. The van der Waals surface area contributed by atoms with Crippen molar-refractivity contribution in [2.45, 2.75) is 19.9 Å². The largest absolute Gasteiger partial charge is 0.382 e. The molecule has 0 unspecified atom stereocenters. The van der Waals surface area contributed by atoms with Crippen molar-refractivity contribution in [3.05, 3.63) is 33.9 Å². The van der Waals surface area contributed by atoms with E-state index in [2.05, 4.69) is 17.1 Å². The van der Waals surface area contributed by atoms with Crippen LogP contribution in [0.5, 0.6) is 0 Å². The molecular formula is C12H19N3O2. The molecule has 94 valence electrons. The van der Waals surface area contributed by atoms with Gasteiger partial charge < -0.3 is 10.2 Å². The maximum atomic E-state index is 10.9. The van der Waals surface area contributed by atoms with E-state index < -0.39 is 0 Å². The number of nitro benzene ring substituents is 1. The second kappa shape index (κ2) is 6.20. The SMILES string of the molecule is CCCN(C)Cc1cccc([N+](=O)[O-])c1NC. The first-order valence-corrected chi connectivity index (χ1v) is 5.72.